The van der Waals surface area contributed by atoms with Crippen molar-refractivity contribution >= 4 is 28.0 Å². The maximum atomic E-state index is 12.3. The van der Waals surface area contributed by atoms with Gasteiger partial charge in [0.2, 0.25) is 0 Å². The average Bonchev–Trinajstić information content (AvgIpc) is 2.55. The molecule has 0 radical (unpaired) electrons. The monoisotopic (exact) mass is 398 g/mol. The van der Waals surface area contributed by atoms with E-state index in [1.165, 1.54) is 37.5 Å². The molecule has 0 saturated heterocycles. The van der Waals surface area contributed by atoms with Crippen molar-refractivity contribution in [1.29, 1.82) is 0 Å². The van der Waals surface area contributed by atoms with Crippen molar-refractivity contribution in [1.82, 2.24) is 0 Å². The molecule has 0 aliphatic rings. The summed E-state index contributed by atoms with van der Waals surface area (Å²) < 4.78 is 39.7. The average molecular weight is 399 g/mol. The zero-order valence-corrected chi connectivity index (χ0v) is 14.1. The third-order valence-corrected chi connectivity index (χ3v) is 3.52. The van der Waals surface area contributed by atoms with Crippen LogP contribution in [0, 0.1) is 0 Å². The van der Waals surface area contributed by atoms with Gasteiger partial charge in [-0.25, -0.2) is 4.79 Å². The van der Waals surface area contributed by atoms with Crippen LogP contribution in [0.5, 0.6) is 17.2 Å². The van der Waals surface area contributed by atoms with Crippen molar-refractivity contribution in [3.8, 4) is 17.2 Å². The van der Waals surface area contributed by atoms with Crippen LogP contribution in [0.4, 0.5) is 8.78 Å². The van der Waals surface area contributed by atoms with Gasteiger partial charge in [-0.1, -0.05) is 18.2 Å². The molecule has 0 atom stereocenters. The van der Waals surface area contributed by atoms with Crippen LogP contribution in [-0.2, 0) is 4.79 Å². The Labute approximate surface area is 145 Å². The molecule has 2 aromatic carbocycles. The molecule has 0 unspecified atom stereocenters. The van der Waals surface area contributed by atoms with E-state index in [0.29, 0.717) is 15.8 Å². The lowest BCUT2D eigenvalue weighted by Gasteiger charge is -2.10. The molecular formula is C17H13BrF2O4. The summed E-state index contributed by atoms with van der Waals surface area (Å²) in [6, 6.07) is 11.3. The molecule has 0 amide bonds. The van der Waals surface area contributed by atoms with E-state index in [0.717, 1.165) is 0 Å². The summed E-state index contributed by atoms with van der Waals surface area (Å²) >= 11 is 3.27. The normalized spacial score (nSPS) is 10.9. The first-order chi connectivity index (χ1) is 11.5. The lowest BCUT2D eigenvalue weighted by atomic mass is 10.2. The summed E-state index contributed by atoms with van der Waals surface area (Å²) in [7, 11) is 1.34. The molecule has 24 heavy (non-hydrogen) atoms. The van der Waals surface area contributed by atoms with Crippen LogP contribution in [0.2, 0.25) is 0 Å². The Bertz CT molecular complexity index is 747. The number of hydrogen-bond acceptors (Lipinski definition) is 4. The number of para-hydroxylation sites is 1. The lowest BCUT2D eigenvalue weighted by molar-refractivity contribution is -0.128. The first-order valence-corrected chi connectivity index (χ1v) is 7.56. The van der Waals surface area contributed by atoms with E-state index in [1.54, 1.807) is 24.3 Å². The van der Waals surface area contributed by atoms with Crippen LogP contribution in [0.25, 0.3) is 6.08 Å². The Kier molecular flexibility index (Phi) is 6.31. The van der Waals surface area contributed by atoms with Crippen molar-refractivity contribution in [3.05, 3.63) is 58.6 Å². The number of esters is 1. The minimum absolute atomic E-state index is 0.0829. The van der Waals surface area contributed by atoms with Crippen LogP contribution in [0.1, 0.15) is 5.56 Å². The predicted octanol–water partition coefficient (Wildman–Crippen LogP) is 4.68. The zero-order chi connectivity index (χ0) is 17.5. The molecule has 2 rings (SSSR count). The number of benzene rings is 2. The van der Waals surface area contributed by atoms with Gasteiger partial charge in [0.05, 0.1) is 11.6 Å². The number of ether oxygens (including phenoxy) is 3. The third kappa shape index (κ3) is 5.06. The number of hydrogen-bond donors (Lipinski definition) is 0. The molecule has 4 nitrogen and oxygen atoms in total. The van der Waals surface area contributed by atoms with E-state index in [4.69, 9.17) is 9.47 Å². The number of carbonyl (C=O) groups excluding carboxylic acids is 1. The van der Waals surface area contributed by atoms with Crippen LogP contribution >= 0.6 is 15.9 Å². The van der Waals surface area contributed by atoms with E-state index in [2.05, 4.69) is 20.7 Å². The molecule has 0 spiro atoms. The van der Waals surface area contributed by atoms with Crippen molar-refractivity contribution in [2.75, 3.05) is 7.11 Å². The Balaban J connectivity index is 2.08. The maximum Gasteiger partial charge on any atom is 0.387 e. The van der Waals surface area contributed by atoms with Gasteiger partial charge in [-0.3, -0.25) is 0 Å². The highest BCUT2D eigenvalue weighted by Gasteiger charge is 2.10. The topological polar surface area (TPSA) is 44.8 Å². The molecule has 0 aliphatic carbocycles. The van der Waals surface area contributed by atoms with Gasteiger partial charge in [0.1, 0.15) is 5.75 Å². The van der Waals surface area contributed by atoms with Gasteiger partial charge < -0.3 is 14.2 Å². The smallest absolute Gasteiger partial charge is 0.387 e. The Morgan fingerprint density at radius 3 is 2.54 bits per heavy atom. The molecule has 0 fully saturated rings. The van der Waals surface area contributed by atoms with Crippen molar-refractivity contribution in [2.45, 2.75) is 6.61 Å². The zero-order valence-electron chi connectivity index (χ0n) is 12.5. The SMILES string of the molecule is COc1cc(/C=C/C(=O)Oc2ccccc2Br)ccc1OC(F)F. The third-order valence-electron chi connectivity index (χ3n) is 2.86. The molecule has 2 aromatic rings. The Hall–Kier alpha value is -2.41. The largest absolute Gasteiger partial charge is 0.493 e. The summed E-state index contributed by atoms with van der Waals surface area (Å²) in [6.07, 6.45) is 2.70. The van der Waals surface area contributed by atoms with Gasteiger partial charge in [-0.05, 0) is 51.8 Å². The van der Waals surface area contributed by atoms with Gasteiger partial charge in [-0.15, -0.1) is 0 Å². The molecule has 7 heteroatoms. The maximum absolute atomic E-state index is 12.3. The molecule has 0 N–H and O–H groups in total. The van der Waals surface area contributed by atoms with E-state index < -0.39 is 12.6 Å². The molecular weight excluding hydrogens is 386 g/mol. The van der Waals surface area contributed by atoms with Crippen molar-refractivity contribution < 1.29 is 27.8 Å². The fourth-order valence-electron chi connectivity index (χ4n) is 1.82. The van der Waals surface area contributed by atoms with Gasteiger partial charge in [0.15, 0.2) is 11.5 Å². The summed E-state index contributed by atoms with van der Waals surface area (Å²) in [5, 5.41) is 0. The summed E-state index contributed by atoms with van der Waals surface area (Å²) in [6.45, 7) is -2.94. The molecule has 0 heterocycles. The molecule has 0 aliphatic heterocycles. The van der Waals surface area contributed by atoms with E-state index in [9.17, 15) is 13.6 Å². The van der Waals surface area contributed by atoms with Gasteiger partial charge in [0, 0.05) is 6.08 Å². The fourth-order valence-corrected chi connectivity index (χ4v) is 2.18. The summed E-state index contributed by atoms with van der Waals surface area (Å²) in [5.74, 6) is -0.128. The first-order valence-electron chi connectivity index (χ1n) is 6.77. The van der Waals surface area contributed by atoms with Crippen LogP contribution in [-0.4, -0.2) is 19.7 Å². The highest BCUT2D eigenvalue weighted by molar-refractivity contribution is 9.10. The highest BCUT2D eigenvalue weighted by atomic mass is 79.9. The molecule has 0 saturated carbocycles. The molecule has 0 bridgehead atoms. The van der Waals surface area contributed by atoms with Gasteiger partial charge in [0.25, 0.3) is 0 Å². The number of rotatable bonds is 6. The molecule has 0 aromatic heterocycles. The number of alkyl halides is 2. The van der Waals surface area contributed by atoms with Crippen LogP contribution in [0.15, 0.2) is 53.0 Å². The second-order valence-corrected chi connectivity index (χ2v) is 5.33. The van der Waals surface area contributed by atoms with Gasteiger partial charge >= 0.3 is 12.6 Å². The minimum Gasteiger partial charge on any atom is -0.493 e. The summed E-state index contributed by atoms with van der Waals surface area (Å²) in [5.41, 5.74) is 0.567. The minimum atomic E-state index is -2.94. The van der Waals surface area contributed by atoms with E-state index in [1.807, 2.05) is 0 Å². The number of halogens is 3. The second kappa shape index (κ2) is 8.44. The van der Waals surface area contributed by atoms with E-state index in [-0.39, 0.29) is 11.5 Å². The van der Waals surface area contributed by atoms with Crippen molar-refractivity contribution in [3.63, 3.8) is 0 Å². The van der Waals surface area contributed by atoms with Gasteiger partial charge in [-0.2, -0.15) is 8.78 Å². The highest BCUT2D eigenvalue weighted by Crippen LogP contribution is 2.30. The lowest BCUT2D eigenvalue weighted by Crippen LogP contribution is -2.04. The number of methoxy groups -OCH3 is 1. The molecule has 126 valence electrons. The van der Waals surface area contributed by atoms with Crippen molar-refractivity contribution in [2.24, 2.45) is 0 Å². The number of carbonyl (C=O) groups is 1. The fraction of sp³-hybridized carbons (Fsp3) is 0.118. The second-order valence-electron chi connectivity index (χ2n) is 4.47. The summed E-state index contributed by atoms with van der Waals surface area (Å²) in [4.78, 5) is 11.8. The standard InChI is InChI=1S/C17H13BrF2O4/c1-22-15-10-11(6-8-14(15)24-17(19)20)7-9-16(21)23-13-5-3-2-4-12(13)18/h2-10,17H,1H3/b9-7+. The Morgan fingerprint density at radius 1 is 1.12 bits per heavy atom. The van der Waals surface area contributed by atoms with Crippen LogP contribution in [0.3, 0.4) is 0 Å². The van der Waals surface area contributed by atoms with E-state index >= 15 is 0 Å². The van der Waals surface area contributed by atoms with Crippen LogP contribution < -0.4 is 14.2 Å². The Morgan fingerprint density at radius 2 is 1.88 bits per heavy atom. The predicted molar refractivity (Wildman–Crippen MR) is 88.4 cm³/mol. The first kappa shape index (κ1) is 17.9. The quantitative estimate of drug-likeness (QED) is 0.402.